The first-order chi connectivity index (χ1) is 14.2. The number of amides is 2. The van der Waals surface area contributed by atoms with Gasteiger partial charge in [-0.25, -0.2) is 9.69 Å². The maximum absolute atomic E-state index is 12.5. The number of halogens is 1. The lowest BCUT2D eigenvalue weighted by molar-refractivity contribution is -0.117. The molecule has 0 bridgehead atoms. The van der Waals surface area contributed by atoms with Crippen LogP contribution in [0.2, 0.25) is 5.02 Å². The van der Waals surface area contributed by atoms with E-state index in [-0.39, 0.29) is 12.3 Å². The van der Waals surface area contributed by atoms with E-state index in [0.29, 0.717) is 10.7 Å². The molecule has 0 saturated carbocycles. The summed E-state index contributed by atoms with van der Waals surface area (Å²) in [5, 5.41) is 0.483. The standard InChI is InChI=1S/C23H25ClN2O4/c1-23(2,3)30-22(28)26-20-14-19(24)18(12-16(20)13-21(26)27)15-4-6-17(7-5-15)25-8-10-29-11-9-25/h4-7,12,14H,8-11,13H2,1-3H3. The Morgan fingerprint density at radius 1 is 1.10 bits per heavy atom. The number of morpholine rings is 1. The molecule has 158 valence electrons. The predicted molar refractivity (Wildman–Crippen MR) is 117 cm³/mol. The van der Waals surface area contributed by atoms with E-state index in [1.807, 2.05) is 18.2 Å². The molecule has 1 saturated heterocycles. The molecule has 0 atom stereocenters. The van der Waals surface area contributed by atoms with Crippen molar-refractivity contribution in [3.05, 3.63) is 47.0 Å². The Balaban J connectivity index is 1.61. The fraction of sp³-hybridized carbons (Fsp3) is 0.391. The van der Waals surface area contributed by atoms with Crippen LogP contribution in [0.15, 0.2) is 36.4 Å². The summed E-state index contributed by atoms with van der Waals surface area (Å²) in [4.78, 5) is 28.4. The summed E-state index contributed by atoms with van der Waals surface area (Å²) in [5.74, 6) is -0.310. The first-order valence-corrected chi connectivity index (χ1v) is 10.4. The molecule has 0 radical (unpaired) electrons. The molecule has 2 amide bonds. The molecule has 0 aromatic heterocycles. The average Bonchev–Trinajstić information content (AvgIpc) is 3.01. The minimum Gasteiger partial charge on any atom is -0.443 e. The summed E-state index contributed by atoms with van der Waals surface area (Å²) in [6.07, 6.45) is -0.533. The highest BCUT2D eigenvalue weighted by atomic mass is 35.5. The van der Waals surface area contributed by atoms with E-state index in [1.54, 1.807) is 26.8 Å². The normalized spacial score (nSPS) is 16.6. The van der Waals surface area contributed by atoms with Crippen LogP contribution in [0.4, 0.5) is 16.2 Å². The van der Waals surface area contributed by atoms with Gasteiger partial charge in [-0.2, -0.15) is 0 Å². The van der Waals surface area contributed by atoms with E-state index in [4.69, 9.17) is 21.1 Å². The maximum atomic E-state index is 12.5. The summed E-state index contributed by atoms with van der Waals surface area (Å²) in [6.45, 7) is 8.53. The van der Waals surface area contributed by atoms with Crippen LogP contribution in [0, 0.1) is 0 Å². The zero-order valence-electron chi connectivity index (χ0n) is 17.4. The molecule has 6 nitrogen and oxygen atoms in total. The monoisotopic (exact) mass is 428 g/mol. The third-order valence-corrected chi connectivity index (χ3v) is 5.44. The molecule has 0 aliphatic carbocycles. The molecule has 2 aliphatic heterocycles. The summed E-state index contributed by atoms with van der Waals surface area (Å²) < 4.78 is 10.8. The first kappa shape index (κ1) is 20.7. The van der Waals surface area contributed by atoms with Crippen molar-refractivity contribution < 1.29 is 19.1 Å². The fourth-order valence-corrected chi connectivity index (χ4v) is 4.00. The molecule has 2 heterocycles. The second-order valence-electron chi connectivity index (χ2n) is 8.49. The van der Waals surface area contributed by atoms with Crippen molar-refractivity contribution in [1.82, 2.24) is 0 Å². The Morgan fingerprint density at radius 2 is 1.77 bits per heavy atom. The van der Waals surface area contributed by atoms with E-state index in [1.165, 1.54) is 0 Å². The summed E-state index contributed by atoms with van der Waals surface area (Å²) in [7, 11) is 0. The Hall–Kier alpha value is -2.57. The van der Waals surface area contributed by atoms with Crippen LogP contribution in [0.5, 0.6) is 0 Å². The number of nitrogens with zero attached hydrogens (tertiary/aromatic N) is 2. The molecule has 1 fully saturated rings. The van der Waals surface area contributed by atoms with E-state index in [9.17, 15) is 9.59 Å². The van der Waals surface area contributed by atoms with Gasteiger partial charge in [0, 0.05) is 24.3 Å². The van der Waals surface area contributed by atoms with Gasteiger partial charge >= 0.3 is 6.09 Å². The molecule has 0 N–H and O–H groups in total. The number of anilines is 2. The van der Waals surface area contributed by atoms with Crippen molar-refractivity contribution in [3.63, 3.8) is 0 Å². The van der Waals surface area contributed by atoms with E-state index in [2.05, 4.69) is 17.0 Å². The molecule has 2 aromatic carbocycles. The zero-order chi connectivity index (χ0) is 21.5. The van der Waals surface area contributed by atoms with Crippen LogP contribution in [0.3, 0.4) is 0 Å². The number of hydrogen-bond donors (Lipinski definition) is 0. The molecule has 2 aliphatic rings. The number of carbonyl (C=O) groups excluding carboxylic acids is 2. The molecule has 2 aromatic rings. The summed E-state index contributed by atoms with van der Waals surface area (Å²) in [6, 6.07) is 11.8. The average molecular weight is 429 g/mol. The van der Waals surface area contributed by atoms with Crippen molar-refractivity contribution in [1.29, 1.82) is 0 Å². The molecule has 7 heteroatoms. The number of ether oxygens (including phenoxy) is 2. The number of rotatable bonds is 2. The lowest BCUT2D eigenvalue weighted by atomic mass is 10.0. The van der Waals surface area contributed by atoms with E-state index >= 15 is 0 Å². The topological polar surface area (TPSA) is 59.1 Å². The smallest absolute Gasteiger partial charge is 0.421 e. The van der Waals surface area contributed by atoms with Gasteiger partial charge in [-0.1, -0.05) is 23.7 Å². The number of imide groups is 1. The highest BCUT2D eigenvalue weighted by Crippen LogP contribution is 2.39. The molecule has 30 heavy (non-hydrogen) atoms. The molecular formula is C23H25ClN2O4. The van der Waals surface area contributed by atoms with Crippen LogP contribution < -0.4 is 9.80 Å². The first-order valence-electron chi connectivity index (χ1n) is 10.0. The molecular weight excluding hydrogens is 404 g/mol. The third kappa shape index (κ3) is 4.16. The minimum atomic E-state index is -0.688. The van der Waals surface area contributed by atoms with Gasteiger partial charge in [0.2, 0.25) is 5.91 Å². The Labute approximate surface area is 181 Å². The third-order valence-electron chi connectivity index (χ3n) is 5.13. The second-order valence-corrected chi connectivity index (χ2v) is 8.90. The highest BCUT2D eigenvalue weighted by molar-refractivity contribution is 6.34. The largest absolute Gasteiger partial charge is 0.443 e. The number of benzene rings is 2. The SMILES string of the molecule is CC(C)(C)OC(=O)N1C(=O)Cc2cc(-c3ccc(N4CCOCC4)cc3)c(Cl)cc21. The lowest BCUT2D eigenvalue weighted by Crippen LogP contribution is -2.38. The van der Waals surface area contributed by atoms with Gasteiger partial charge in [0.15, 0.2) is 0 Å². The van der Waals surface area contributed by atoms with Crippen LogP contribution in [0.1, 0.15) is 26.3 Å². The van der Waals surface area contributed by atoms with Gasteiger partial charge in [-0.3, -0.25) is 4.79 Å². The molecule has 0 spiro atoms. The Kier molecular flexibility index (Phi) is 5.47. The quantitative estimate of drug-likeness (QED) is 0.695. The molecule has 0 unspecified atom stereocenters. The number of carbonyl (C=O) groups is 2. The van der Waals surface area contributed by atoms with Crippen molar-refractivity contribution in [2.45, 2.75) is 32.8 Å². The summed E-state index contributed by atoms with van der Waals surface area (Å²) in [5.41, 5.74) is 3.51. The van der Waals surface area contributed by atoms with Gasteiger partial charge in [0.25, 0.3) is 0 Å². The van der Waals surface area contributed by atoms with E-state index in [0.717, 1.165) is 53.6 Å². The highest BCUT2D eigenvalue weighted by Gasteiger charge is 2.36. The van der Waals surface area contributed by atoms with Gasteiger partial charge in [-0.05, 0) is 56.2 Å². The molecule has 4 rings (SSSR count). The second kappa shape index (κ2) is 7.93. The minimum absolute atomic E-state index is 0.143. The van der Waals surface area contributed by atoms with Crippen molar-refractivity contribution >= 4 is 35.0 Å². The maximum Gasteiger partial charge on any atom is 0.421 e. The van der Waals surface area contributed by atoms with Gasteiger partial charge < -0.3 is 14.4 Å². The van der Waals surface area contributed by atoms with Gasteiger partial charge in [0.1, 0.15) is 5.60 Å². The Morgan fingerprint density at radius 3 is 2.40 bits per heavy atom. The van der Waals surface area contributed by atoms with Crippen molar-refractivity contribution in [2.75, 3.05) is 36.1 Å². The summed E-state index contributed by atoms with van der Waals surface area (Å²) >= 11 is 6.56. The van der Waals surface area contributed by atoms with E-state index < -0.39 is 11.7 Å². The van der Waals surface area contributed by atoms with Crippen molar-refractivity contribution in [2.24, 2.45) is 0 Å². The van der Waals surface area contributed by atoms with Crippen LogP contribution in [-0.2, 0) is 20.7 Å². The van der Waals surface area contributed by atoms with Crippen LogP contribution in [-0.4, -0.2) is 43.9 Å². The van der Waals surface area contributed by atoms with Gasteiger partial charge in [0.05, 0.1) is 30.3 Å². The Bertz CT molecular complexity index is 976. The number of fused-ring (bicyclic) bond motifs is 1. The van der Waals surface area contributed by atoms with Crippen LogP contribution in [0.25, 0.3) is 11.1 Å². The lowest BCUT2D eigenvalue weighted by Gasteiger charge is -2.29. The van der Waals surface area contributed by atoms with Crippen molar-refractivity contribution in [3.8, 4) is 11.1 Å². The fourth-order valence-electron chi connectivity index (χ4n) is 3.74. The zero-order valence-corrected chi connectivity index (χ0v) is 18.2. The van der Waals surface area contributed by atoms with Crippen LogP contribution >= 0.6 is 11.6 Å². The van der Waals surface area contributed by atoms with Gasteiger partial charge in [-0.15, -0.1) is 0 Å². The number of hydrogen-bond acceptors (Lipinski definition) is 5. The predicted octanol–water partition coefficient (Wildman–Crippen LogP) is 4.67.